The molecule has 1 N–H and O–H groups in total. The summed E-state index contributed by atoms with van der Waals surface area (Å²) < 4.78 is 31.5. The first-order chi connectivity index (χ1) is 9.11. The highest BCUT2D eigenvalue weighted by Gasteiger charge is 2.19. The van der Waals surface area contributed by atoms with Crippen molar-refractivity contribution >= 4 is 23.4 Å². The van der Waals surface area contributed by atoms with E-state index in [2.05, 4.69) is 10.1 Å². The third kappa shape index (κ3) is 3.37. The van der Waals surface area contributed by atoms with Crippen LogP contribution >= 0.6 is 11.8 Å². The van der Waals surface area contributed by atoms with Gasteiger partial charge in [-0.3, -0.25) is 0 Å². The normalized spacial score (nSPS) is 18.4. The molecule has 1 heterocycles. The number of carbonyl (C=O) groups is 1. The summed E-state index contributed by atoms with van der Waals surface area (Å²) in [6.07, 6.45) is 1.09. The highest BCUT2D eigenvalue weighted by atomic mass is 32.2. The minimum atomic E-state index is -0.911. The number of benzene rings is 1. The van der Waals surface area contributed by atoms with Crippen molar-refractivity contribution in [1.29, 1.82) is 0 Å². The Kier molecular flexibility index (Phi) is 4.63. The standard InChI is InChI=1S/C13H15F2NO2S/c1-18-13(17)9-4-12(11(15)5-10(9)14)16-6-8-2-3-19-7-8/h4-5,8,16H,2-3,6-7H2,1H3. The average Bonchev–Trinajstić information content (AvgIpc) is 2.90. The summed E-state index contributed by atoms with van der Waals surface area (Å²) in [6.45, 7) is 0.621. The van der Waals surface area contributed by atoms with Crippen molar-refractivity contribution in [3.05, 3.63) is 29.3 Å². The van der Waals surface area contributed by atoms with E-state index >= 15 is 0 Å². The van der Waals surface area contributed by atoms with Crippen LogP contribution in [0.5, 0.6) is 0 Å². The van der Waals surface area contributed by atoms with Crippen molar-refractivity contribution in [2.45, 2.75) is 6.42 Å². The Hall–Kier alpha value is -1.30. The van der Waals surface area contributed by atoms with Crippen molar-refractivity contribution in [3.8, 4) is 0 Å². The van der Waals surface area contributed by atoms with Crippen LogP contribution in [0.15, 0.2) is 12.1 Å². The lowest BCUT2D eigenvalue weighted by Crippen LogP contribution is -2.15. The maximum atomic E-state index is 13.6. The summed E-state index contributed by atoms with van der Waals surface area (Å²) in [7, 11) is 1.16. The lowest BCUT2D eigenvalue weighted by Gasteiger charge is -2.13. The number of thioether (sulfide) groups is 1. The molecule has 6 heteroatoms. The van der Waals surface area contributed by atoms with Crippen LogP contribution < -0.4 is 5.32 Å². The van der Waals surface area contributed by atoms with Gasteiger partial charge in [0.2, 0.25) is 0 Å². The quantitative estimate of drug-likeness (QED) is 0.864. The van der Waals surface area contributed by atoms with E-state index in [1.54, 1.807) is 0 Å². The first-order valence-corrected chi connectivity index (χ1v) is 7.16. The fourth-order valence-electron chi connectivity index (χ4n) is 1.95. The molecule has 0 aliphatic carbocycles. The Balaban J connectivity index is 2.12. The molecule has 104 valence electrons. The molecule has 1 unspecified atom stereocenters. The van der Waals surface area contributed by atoms with E-state index in [0.29, 0.717) is 18.5 Å². The molecular weight excluding hydrogens is 272 g/mol. The molecule has 1 aliphatic rings. The van der Waals surface area contributed by atoms with Gasteiger partial charge in [-0.1, -0.05) is 0 Å². The van der Waals surface area contributed by atoms with Crippen molar-refractivity contribution in [1.82, 2.24) is 0 Å². The summed E-state index contributed by atoms with van der Waals surface area (Å²) in [5.74, 6) is 0.223. The lowest BCUT2D eigenvalue weighted by molar-refractivity contribution is 0.0595. The fourth-order valence-corrected chi connectivity index (χ4v) is 3.23. The second-order valence-corrected chi connectivity index (χ2v) is 5.56. The van der Waals surface area contributed by atoms with Crippen molar-refractivity contribution in [2.75, 3.05) is 30.5 Å². The van der Waals surface area contributed by atoms with Crippen LogP contribution in [-0.2, 0) is 4.74 Å². The number of rotatable bonds is 4. The molecule has 1 fully saturated rings. The third-order valence-corrected chi connectivity index (χ3v) is 4.30. The molecule has 2 rings (SSSR count). The van der Waals surface area contributed by atoms with E-state index in [4.69, 9.17) is 0 Å². The molecule has 1 saturated heterocycles. The summed E-state index contributed by atoms with van der Waals surface area (Å²) in [5.41, 5.74) is -0.120. The summed E-state index contributed by atoms with van der Waals surface area (Å²) in [5, 5.41) is 2.94. The van der Waals surface area contributed by atoms with Gasteiger partial charge in [-0.25, -0.2) is 13.6 Å². The van der Waals surface area contributed by atoms with Gasteiger partial charge in [-0.15, -0.1) is 0 Å². The zero-order valence-corrected chi connectivity index (χ0v) is 11.4. The van der Waals surface area contributed by atoms with Crippen molar-refractivity contribution < 1.29 is 18.3 Å². The fraction of sp³-hybridized carbons (Fsp3) is 0.462. The van der Waals surface area contributed by atoms with Crippen LogP contribution in [0.4, 0.5) is 14.5 Å². The molecule has 0 bridgehead atoms. The number of anilines is 1. The monoisotopic (exact) mass is 287 g/mol. The van der Waals surface area contributed by atoms with Gasteiger partial charge in [-0.05, 0) is 29.9 Å². The molecule has 3 nitrogen and oxygen atoms in total. The van der Waals surface area contributed by atoms with Crippen LogP contribution in [0, 0.1) is 17.6 Å². The SMILES string of the molecule is COC(=O)c1cc(NCC2CCSC2)c(F)cc1F. The van der Waals surface area contributed by atoms with E-state index in [1.807, 2.05) is 11.8 Å². The summed E-state index contributed by atoms with van der Waals surface area (Å²) in [4.78, 5) is 11.3. The first kappa shape index (κ1) is 14.1. The average molecular weight is 287 g/mol. The maximum absolute atomic E-state index is 13.6. The van der Waals surface area contributed by atoms with Crippen LogP contribution in [0.3, 0.4) is 0 Å². The van der Waals surface area contributed by atoms with Crippen LogP contribution in [0.2, 0.25) is 0 Å². The second kappa shape index (κ2) is 6.23. The van der Waals surface area contributed by atoms with Gasteiger partial charge in [0.05, 0.1) is 18.4 Å². The number of ether oxygens (including phenoxy) is 1. The van der Waals surface area contributed by atoms with Gasteiger partial charge in [0.1, 0.15) is 11.6 Å². The van der Waals surface area contributed by atoms with E-state index < -0.39 is 17.6 Å². The van der Waals surface area contributed by atoms with Crippen LogP contribution in [0.25, 0.3) is 0 Å². The van der Waals surface area contributed by atoms with E-state index in [9.17, 15) is 13.6 Å². The van der Waals surface area contributed by atoms with Crippen LogP contribution in [0.1, 0.15) is 16.8 Å². The van der Waals surface area contributed by atoms with E-state index in [-0.39, 0.29) is 11.3 Å². The summed E-state index contributed by atoms with van der Waals surface area (Å²) >= 11 is 1.87. The lowest BCUT2D eigenvalue weighted by atomic mass is 10.1. The van der Waals surface area contributed by atoms with Crippen molar-refractivity contribution in [2.24, 2.45) is 5.92 Å². The highest BCUT2D eigenvalue weighted by molar-refractivity contribution is 7.99. The number of nitrogens with one attached hydrogen (secondary N) is 1. The molecule has 0 amide bonds. The third-order valence-electron chi connectivity index (χ3n) is 3.07. The Labute approximate surface area is 114 Å². The maximum Gasteiger partial charge on any atom is 0.340 e. The first-order valence-electron chi connectivity index (χ1n) is 6.00. The molecule has 1 aromatic rings. The zero-order valence-electron chi connectivity index (χ0n) is 10.5. The molecule has 19 heavy (non-hydrogen) atoms. The van der Waals surface area contributed by atoms with Crippen LogP contribution in [-0.4, -0.2) is 31.1 Å². The second-order valence-electron chi connectivity index (χ2n) is 4.41. The predicted octanol–water partition coefficient (Wildman–Crippen LogP) is 2.92. The minimum Gasteiger partial charge on any atom is -0.465 e. The molecular formula is C13H15F2NO2S. The Morgan fingerprint density at radius 1 is 1.47 bits per heavy atom. The number of methoxy groups -OCH3 is 1. The predicted molar refractivity (Wildman–Crippen MR) is 71.6 cm³/mol. The molecule has 1 atom stereocenters. The molecule has 0 spiro atoms. The number of hydrogen-bond acceptors (Lipinski definition) is 4. The smallest absolute Gasteiger partial charge is 0.340 e. The Morgan fingerprint density at radius 2 is 2.26 bits per heavy atom. The van der Waals surface area contributed by atoms with E-state index in [1.165, 1.54) is 6.07 Å². The minimum absolute atomic E-state index is 0.138. The van der Waals surface area contributed by atoms with Gasteiger partial charge in [-0.2, -0.15) is 11.8 Å². The molecule has 0 aromatic heterocycles. The Bertz CT molecular complexity index is 476. The molecule has 1 aromatic carbocycles. The topological polar surface area (TPSA) is 38.3 Å². The number of esters is 1. The van der Waals surface area contributed by atoms with Gasteiger partial charge in [0, 0.05) is 12.6 Å². The van der Waals surface area contributed by atoms with Crippen molar-refractivity contribution in [3.63, 3.8) is 0 Å². The van der Waals surface area contributed by atoms with Gasteiger partial charge < -0.3 is 10.1 Å². The number of carbonyl (C=O) groups excluding carboxylic acids is 1. The van der Waals surface area contributed by atoms with E-state index in [0.717, 1.165) is 25.0 Å². The largest absolute Gasteiger partial charge is 0.465 e. The van der Waals surface area contributed by atoms with Gasteiger partial charge >= 0.3 is 5.97 Å². The Morgan fingerprint density at radius 3 is 2.89 bits per heavy atom. The van der Waals surface area contributed by atoms with Gasteiger partial charge in [0.15, 0.2) is 0 Å². The van der Waals surface area contributed by atoms with Gasteiger partial charge in [0.25, 0.3) is 0 Å². The molecule has 1 aliphatic heterocycles. The molecule has 0 saturated carbocycles. The number of hydrogen-bond donors (Lipinski definition) is 1. The summed E-state index contributed by atoms with van der Waals surface area (Å²) in [6, 6.07) is 1.87. The number of halogens is 2. The molecule has 0 radical (unpaired) electrons. The highest BCUT2D eigenvalue weighted by Crippen LogP contribution is 2.25. The zero-order chi connectivity index (χ0) is 13.8.